The van der Waals surface area contributed by atoms with E-state index in [2.05, 4.69) is 57.2 Å². The van der Waals surface area contributed by atoms with Crippen molar-refractivity contribution in [1.29, 1.82) is 0 Å². The average molecular weight is 949 g/mol. The molecule has 2 aliphatic heterocycles. The lowest BCUT2D eigenvalue weighted by molar-refractivity contribution is -0.138. The highest BCUT2D eigenvalue weighted by Crippen LogP contribution is 2.38. The first kappa shape index (κ1) is 56.0. The van der Waals surface area contributed by atoms with Crippen molar-refractivity contribution in [3.63, 3.8) is 0 Å². The second-order valence-electron chi connectivity index (χ2n) is 18.2. The molecule has 7 rings (SSSR count). The predicted octanol–water partition coefficient (Wildman–Crippen LogP) is 6.90. The number of anilines is 2. The maximum absolute atomic E-state index is 14.9. The summed E-state index contributed by atoms with van der Waals surface area (Å²) in [5.41, 5.74) is 6.27. The van der Waals surface area contributed by atoms with Gasteiger partial charge in [-0.3, -0.25) is 19.6 Å². The number of nitrogens with zero attached hydrogens (tertiary/aromatic N) is 5. The third-order valence-corrected chi connectivity index (χ3v) is 11.3. The van der Waals surface area contributed by atoms with Gasteiger partial charge in [0.2, 0.25) is 0 Å². The molecule has 378 valence electrons. The van der Waals surface area contributed by atoms with Gasteiger partial charge < -0.3 is 54.0 Å². The van der Waals surface area contributed by atoms with Crippen molar-refractivity contribution < 1.29 is 32.9 Å². The van der Waals surface area contributed by atoms with E-state index in [1.807, 2.05) is 79.3 Å². The quantitative estimate of drug-likeness (QED) is 0.0522. The number of carbonyl (C=O) groups excluding carboxylic acids is 1. The molecule has 1 aromatic carbocycles. The largest absolute Gasteiger partial charge is 0.462 e. The highest BCUT2D eigenvalue weighted by atomic mass is 19.1. The van der Waals surface area contributed by atoms with E-state index in [1.54, 1.807) is 6.20 Å². The number of nitrogens with one attached hydrogen (secondary N) is 3. The molecule has 3 fully saturated rings. The number of pyridine rings is 3. The van der Waals surface area contributed by atoms with Gasteiger partial charge in [0.1, 0.15) is 11.4 Å². The van der Waals surface area contributed by atoms with Gasteiger partial charge in [-0.1, -0.05) is 0 Å². The minimum absolute atomic E-state index is 0.0767. The van der Waals surface area contributed by atoms with Crippen LogP contribution in [-0.4, -0.2) is 133 Å². The minimum Gasteiger partial charge on any atom is -0.462 e. The van der Waals surface area contributed by atoms with Crippen LogP contribution in [0.25, 0.3) is 10.9 Å². The Kier molecular flexibility index (Phi) is 26.0. The van der Waals surface area contributed by atoms with Crippen LogP contribution >= 0.6 is 0 Å². The molecule has 5 heterocycles. The van der Waals surface area contributed by atoms with E-state index in [0.717, 1.165) is 87.5 Å². The lowest BCUT2D eigenvalue weighted by atomic mass is 10.1. The topological polar surface area (TPSA) is 154 Å². The molecule has 3 N–H and O–H groups in total. The van der Waals surface area contributed by atoms with Crippen molar-refractivity contribution in [3.05, 3.63) is 93.5 Å². The Morgan fingerprint density at radius 1 is 0.735 bits per heavy atom. The van der Waals surface area contributed by atoms with Gasteiger partial charge in [0, 0.05) is 93.1 Å². The van der Waals surface area contributed by atoms with Crippen molar-refractivity contribution in [3.8, 4) is 0 Å². The van der Waals surface area contributed by atoms with Crippen LogP contribution in [0.4, 0.5) is 15.8 Å². The fourth-order valence-corrected chi connectivity index (χ4v) is 7.51. The van der Waals surface area contributed by atoms with Crippen molar-refractivity contribution in [2.24, 2.45) is 0 Å². The van der Waals surface area contributed by atoms with E-state index >= 15 is 0 Å². The molecule has 0 radical (unpaired) electrons. The summed E-state index contributed by atoms with van der Waals surface area (Å²) >= 11 is 0. The normalized spacial score (nSPS) is 14.6. The first-order chi connectivity index (χ1) is 32.9. The standard InChI is InChI=1S/C24H27FN4O.C12H28N2O4.C11H16N2.C5H10O2/c1-16-10-17(6-7-27-16)13-26-14-18-15-29(19-4-5-19)22-12-23(28-8-2-3-9-28)21(25)11-20(22)24(18)30;1-13-3-5-15-7-9-17-11-12-18-10-8-16-6-4-14-2;1-10-5-6-11(9-12-10)13-7-3-2-4-8-13;1-5(2,3)7-4-6/h6-7,10-12,15,19,26H,2-5,8-9,13-14H2,1H3;13-14H,3-12H2,1-2H3;5-6,9H,2-4,7-8H2,1H3;4H,1-3H3. The molecule has 1 saturated carbocycles. The number of hydrogen-bond donors (Lipinski definition) is 3. The highest BCUT2D eigenvalue weighted by Gasteiger charge is 2.27. The van der Waals surface area contributed by atoms with Crippen LogP contribution < -0.4 is 31.2 Å². The van der Waals surface area contributed by atoms with Gasteiger partial charge in [0.25, 0.3) is 6.47 Å². The van der Waals surface area contributed by atoms with Crippen molar-refractivity contribution >= 4 is 28.7 Å². The number of piperidine rings is 1. The van der Waals surface area contributed by atoms with Crippen LogP contribution in [0.1, 0.15) is 94.3 Å². The van der Waals surface area contributed by atoms with E-state index in [0.29, 0.717) is 81.9 Å². The van der Waals surface area contributed by atoms with Gasteiger partial charge in [0.15, 0.2) is 5.43 Å². The van der Waals surface area contributed by atoms with Crippen LogP contribution in [0.5, 0.6) is 0 Å². The number of aromatic nitrogens is 3. The fourth-order valence-electron chi connectivity index (χ4n) is 7.51. The van der Waals surface area contributed by atoms with Gasteiger partial charge in [-0.05, 0) is 136 Å². The van der Waals surface area contributed by atoms with Gasteiger partial charge >= 0.3 is 0 Å². The summed E-state index contributed by atoms with van der Waals surface area (Å²) in [5, 5.41) is 9.87. The molecule has 4 aromatic rings. The van der Waals surface area contributed by atoms with Crippen LogP contribution in [0.2, 0.25) is 0 Å². The van der Waals surface area contributed by atoms with Crippen LogP contribution in [0, 0.1) is 19.7 Å². The van der Waals surface area contributed by atoms with Gasteiger partial charge in [-0.15, -0.1) is 0 Å². The first-order valence-electron chi connectivity index (χ1n) is 24.6. The summed E-state index contributed by atoms with van der Waals surface area (Å²) in [5.74, 6) is -0.291. The van der Waals surface area contributed by atoms with Crippen molar-refractivity contribution in [2.45, 2.75) is 104 Å². The Hall–Kier alpha value is -4.55. The summed E-state index contributed by atoms with van der Waals surface area (Å²) in [7, 11) is 3.80. The SMILES string of the molecule is CC(C)(C)OC=O.CNCCOCCOCCOCCOCCNC.Cc1cc(CNCc2cn(C3CC3)c3cc(N4CCCC4)c(F)cc3c2=O)ccn1.Cc1ccc(N2CCCCC2)cn1. The number of ether oxygens (including phenoxy) is 5. The zero-order chi connectivity index (χ0) is 49.0. The van der Waals surface area contributed by atoms with Crippen LogP contribution in [-0.2, 0) is 41.6 Å². The Labute approximate surface area is 404 Å². The average Bonchev–Trinajstić information content (AvgIpc) is 4.03. The van der Waals surface area contributed by atoms with E-state index in [1.165, 1.54) is 44.1 Å². The number of benzene rings is 1. The van der Waals surface area contributed by atoms with Crippen molar-refractivity contribution in [1.82, 2.24) is 30.5 Å². The van der Waals surface area contributed by atoms with Gasteiger partial charge in [-0.2, -0.15) is 0 Å². The molecule has 1 aliphatic carbocycles. The smallest absolute Gasteiger partial charge is 0.293 e. The van der Waals surface area contributed by atoms with E-state index < -0.39 is 0 Å². The number of fused-ring (bicyclic) bond motifs is 1. The van der Waals surface area contributed by atoms with E-state index in [-0.39, 0.29) is 16.8 Å². The number of aryl methyl sites for hydroxylation is 2. The molecule has 0 atom stereocenters. The van der Waals surface area contributed by atoms with Crippen molar-refractivity contribution in [2.75, 3.05) is 116 Å². The maximum Gasteiger partial charge on any atom is 0.293 e. The van der Waals surface area contributed by atoms with E-state index in [9.17, 15) is 14.0 Å². The number of rotatable bonds is 23. The summed E-state index contributed by atoms with van der Waals surface area (Å²) < 4.78 is 43.0. The molecule has 0 unspecified atom stereocenters. The summed E-state index contributed by atoms with van der Waals surface area (Å²) in [6, 6.07) is 12.0. The molecule has 68 heavy (non-hydrogen) atoms. The molecule has 0 bridgehead atoms. The van der Waals surface area contributed by atoms with Gasteiger partial charge in [-0.25, -0.2) is 4.39 Å². The number of hydrogen-bond acceptors (Lipinski definition) is 14. The van der Waals surface area contributed by atoms with Crippen LogP contribution in [0.15, 0.2) is 59.8 Å². The third kappa shape index (κ3) is 21.4. The molecule has 3 aromatic heterocycles. The first-order valence-corrected chi connectivity index (χ1v) is 24.6. The number of carbonyl (C=O) groups is 1. The zero-order valence-corrected chi connectivity index (χ0v) is 42.1. The fraction of sp³-hybridized carbons (Fsp3) is 0.615. The molecule has 3 aliphatic rings. The maximum atomic E-state index is 14.9. The summed E-state index contributed by atoms with van der Waals surface area (Å²) in [6.45, 7) is 22.1. The second-order valence-corrected chi connectivity index (χ2v) is 18.2. The summed E-state index contributed by atoms with van der Waals surface area (Å²) in [4.78, 5) is 35.8. The van der Waals surface area contributed by atoms with Gasteiger partial charge in [0.05, 0.1) is 75.9 Å². The Bertz CT molecular complexity index is 2050. The second kappa shape index (κ2) is 31.6. The molecule has 16 heteroatoms. The predicted molar refractivity (Wildman–Crippen MR) is 270 cm³/mol. The lowest BCUT2D eigenvalue weighted by Crippen LogP contribution is -2.29. The van der Waals surface area contributed by atoms with Crippen LogP contribution in [0.3, 0.4) is 0 Å². The molecule has 0 spiro atoms. The lowest BCUT2D eigenvalue weighted by Gasteiger charge is -2.28. The molecular formula is C52H81FN8O7. The summed E-state index contributed by atoms with van der Waals surface area (Å²) in [6.07, 6.45) is 14.2. The Morgan fingerprint density at radius 2 is 1.32 bits per heavy atom. The minimum atomic E-state index is -0.318. The Balaban J connectivity index is 0.000000225. The highest BCUT2D eigenvalue weighted by molar-refractivity contribution is 5.84. The Morgan fingerprint density at radius 3 is 1.84 bits per heavy atom. The molecule has 2 saturated heterocycles. The monoisotopic (exact) mass is 949 g/mol. The number of halogens is 1. The third-order valence-electron chi connectivity index (χ3n) is 11.3. The number of likely N-dealkylation sites (N-methyl/N-ethyl adjacent to an activating group) is 2. The van der Waals surface area contributed by atoms with E-state index in [4.69, 9.17) is 18.9 Å². The molecule has 15 nitrogen and oxygen atoms in total. The molecule has 0 amide bonds. The molecular weight excluding hydrogens is 868 g/mol. The zero-order valence-electron chi connectivity index (χ0n) is 42.1.